The summed E-state index contributed by atoms with van der Waals surface area (Å²) < 4.78 is 47.1. The minimum atomic E-state index is -4.77. The molecule has 2 heterocycles. The molecule has 1 N–H and O–H groups in total. The van der Waals surface area contributed by atoms with Gasteiger partial charge >= 0.3 is 12.5 Å². The Hall–Kier alpha value is -2.74. The van der Waals surface area contributed by atoms with E-state index in [1.165, 1.54) is 18.2 Å². The highest BCUT2D eigenvalue weighted by Gasteiger charge is 2.48. The van der Waals surface area contributed by atoms with Gasteiger partial charge in [-0.3, -0.25) is 0 Å². The Labute approximate surface area is 184 Å². The second-order valence-electron chi connectivity index (χ2n) is 8.69. The predicted molar refractivity (Wildman–Crippen MR) is 111 cm³/mol. The highest BCUT2D eigenvalue weighted by Crippen LogP contribution is 2.41. The maximum absolute atomic E-state index is 12.8. The number of aliphatic hydroxyl groups is 1. The zero-order valence-electron chi connectivity index (χ0n) is 17.6. The van der Waals surface area contributed by atoms with Crippen LogP contribution in [-0.2, 0) is 17.8 Å². The first kappa shape index (κ1) is 22.5. The summed E-state index contributed by atoms with van der Waals surface area (Å²) in [4.78, 5) is 14.6. The zero-order valence-corrected chi connectivity index (χ0v) is 17.6. The minimum Gasteiger partial charge on any atom is -0.445 e. The lowest BCUT2D eigenvalue weighted by Gasteiger charge is -2.51. The van der Waals surface area contributed by atoms with E-state index in [4.69, 9.17) is 4.74 Å². The van der Waals surface area contributed by atoms with Crippen molar-refractivity contribution in [1.82, 2.24) is 4.90 Å². The molecule has 2 unspecified atom stereocenters. The molecule has 0 aliphatic carbocycles. The van der Waals surface area contributed by atoms with E-state index in [0.29, 0.717) is 18.4 Å². The van der Waals surface area contributed by atoms with E-state index < -0.39 is 12.0 Å². The molecule has 2 aliphatic rings. The average molecular weight is 449 g/mol. The average Bonchev–Trinajstić information content (AvgIpc) is 2.71. The second kappa shape index (κ2) is 9.02. The van der Waals surface area contributed by atoms with Gasteiger partial charge in [0.25, 0.3) is 0 Å². The van der Waals surface area contributed by atoms with Crippen molar-refractivity contribution in [3.8, 4) is 5.75 Å². The molecule has 0 spiro atoms. The maximum atomic E-state index is 12.8. The van der Waals surface area contributed by atoms with Crippen LogP contribution in [0.5, 0.6) is 5.75 Å². The predicted octanol–water partition coefficient (Wildman–Crippen LogP) is 5.21. The molecular weight excluding hydrogens is 423 g/mol. The fourth-order valence-electron chi connectivity index (χ4n) is 5.00. The van der Waals surface area contributed by atoms with Gasteiger partial charge in [-0.1, -0.05) is 42.5 Å². The Kier molecular flexibility index (Phi) is 6.33. The van der Waals surface area contributed by atoms with Gasteiger partial charge in [-0.05, 0) is 55.4 Å². The molecule has 2 aliphatic heterocycles. The van der Waals surface area contributed by atoms with Crippen molar-refractivity contribution in [3.05, 3.63) is 65.7 Å². The molecule has 2 fully saturated rings. The molecular formula is C24H26F3NO4. The third-order valence-electron chi connectivity index (χ3n) is 6.17. The Morgan fingerprint density at radius 3 is 2.34 bits per heavy atom. The lowest BCUT2D eigenvalue weighted by Crippen LogP contribution is -2.60. The van der Waals surface area contributed by atoms with Crippen LogP contribution in [0.3, 0.4) is 0 Å². The third-order valence-corrected chi connectivity index (χ3v) is 6.17. The van der Waals surface area contributed by atoms with Crippen molar-refractivity contribution in [2.24, 2.45) is 0 Å². The van der Waals surface area contributed by atoms with Gasteiger partial charge in [-0.15, -0.1) is 13.2 Å². The monoisotopic (exact) mass is 449 g/mol. The molecule has 2 atom stereocenters. The number of nitrogens with zero attached hydrogens (tertiary/aromatic N) is 1. The number of fused-ring (bicyclic) bond motifs is 2. The molecule has 32 heavy (non-hydrogen) atoms. The van der Waals surface area contributed by atoms with Gasteiger partial charge in [-0.2, -0.15) is 0 Å². The number of hydrogen-bond acceptors (Lipinski definition) is 4. The molecule has 0 saturated carbocycles. The van der Waals surface area contributed by atoms with Gasteiger partial charge in [0.2, 0.25) is 0 Å². The van der Waals surface area contributed by atoms with Gasteiger partial charge in [0.15, 0.2) is 0 Å². The summed E-state index contributed by atoms with van der Waals surface area (Å²) in [7, 11) is 0. The second-order valence-corrected chi connectivity index (χ2v) is 8.69. The number of carbonyl (C=O) groups is 1. The summed E-state index contributed by atoms with van der Waals surface area (Å²) in [6, 6.07) is 14.8. The van der Waals surface area contributed by atoms with Crippen LogP contribution in [0.25, 0.3) is 0 Å². The summed E-state index contributed by atoms with van der Waals surface area (Å²) >= 11 is 0. The topological polar surface area (TPSA) is 59.0 Å². The summed E-state index contributed by atoms with van der Waals surface area (Å²) in [6.07, 6.45) is -1.76. The van der Waals surface area contributed by atoms with E-state index in [2.05, 4.69) is 4.74 Å². The molecule has 2 aromatic rings. The minimum absolute atomic E-state index is 0.162. The number of rotatable bonds is 5. The Morgan fingerprint density at radius 1 is 1.03 bits per heavy atom. The Bertz CT molecular complexity index is 920. The molecule has 2 saturated heterocycles. The van der Waals surface area contributed by atoms with Crippen LogP contribution in [0.15, 0.2) is 54.6 Å². The number of ether oxygens (including phenoxy) is 2. The van der Waals surface area contributed by atoms with Crippen molar-refractivity contribution in [3.63, 3.8) is 0 Å². The van der Waals surface area contributed by atoms with E-state index in [1.807, 2.05) is 30.3 Å². The van der Waals surface area contributed by atoms with E-state index >= 15 is 0 Å². The van der Waals surface area contributed by atoms with Gasteiger partial charge in [0.1, 0.15) is 12.4 Å². The first-order valence-electron chi connectivity index (χ1n) is 10.8. The molecule has 1 amide bonds. The number of benzene rings is 2. The summed E-state index contributed by atoms with van der Waals surface area (Å²) in [5.41, 5.74) is 0.357. The molecule has 172 valence electrons. The van der Waals surface area contributed by atoms with Crippen LogP contribution < -0.4 is 4.74 Å². The molecule has 8 heteroatoms. The van der Waals surface area contributed by atoms with Crippen molar-refractivity contribution in [1.29, 1.82) is 0 Å². The standard InChI is InChI=1S/C24H26F3NO4/c25-24(26,27)32-21-11-4-8-18(12-21)13-23(30)14-19-9-5-10-20(15-23)28(19)22(29)31-16-17-6-2-1-3-7-17/h1-4,6-8,11-12,19-20,30H,5,9-10,13-16H2. The molecule has 2 aromatic carbocycles. The molecule has 2 bridgehead atoms. The van der Waals surface area contributed by atoms with E-state index in [1.54, 1.807) is 11.0 Å². The van der Waals surface area contributed by atoms with Crippen LogP contribution in [0.2, 0.25) is 0 Å². The van der Waals surface area contributed by atoms with Crippen molar-refractivity contribution >= 4 is 6.09 Å². The molecule has 0 radical (unpaired) electrons. The van der Waals surface area contributed by atoms with Crippen LogP contribution in [-0.4, -0.2) is 40.1 Å². The summed E-state index contributed by atoms with van der Waals surface area (Å²) in [5, 5.41) is 11.3. The number of piperidine rings is 2. The summed E-state index contributed by atoms with van der Waals surface area (Å²) in [5.74, 6) is -0.305. The largest absolute Gasteiger partial charge is 0.573 e. The fraction of sp³-hybridized carbons (Fsp3) is 0.458. The number of amides is 1. The van der Waals surface area contributed by atoms with Crippen LogP contribution in [0, 0.1) is 0 Å². The van der Waals surface area contributed by atoms with Gasteiger partial charge in [0.05, 0.1) is 5.60 Å². The highest BCUT2D eigenvalue weighted by molar-refractivity contribution is 5.69. The van der Waals surface area contributed by atoms with Crippen molar-refractivity contribution in [2.45, 2.75) is 69.2 Å². The quantitative estimate of drug-likeness (QED) is 0.681. The maximum Gasteiger partial charge on any atom is 0.573 e. The van der Waals surface area contributed by atoms with Crippen LogP contribution in [0.1, 0.15) is 43.2 Å². The van der Waals surface area contributed by atoms with E-state index in [-0.39, 0.29) is 37.0 Å². The SMILES string of the molecule is O=C(OCc1ccccc1)N1C2CCCC1CC(O)(Cc1cccc(OC(F)(F)F)c1)C2. The normalized spacial score (nSPS) is 25.3. The van der Waals surface area contributed by atoms with Crippen molar-refractivity contribution < 1.29 is 32.5 Å². The third kappa shape index (κ3) is 5.54. The van der Waals surface area contributed by atoms with Gasteiger partial charge < -0.3 is 19.5 Å². The van der Waals surface area contributed by atoms with Crippen LogP contribution in [0.4, 0.5) is 18.0 Å². The number of alkyl halides is 3. The smallest absolute Gasteiger partial charge is 0.445 e. The molecule has 4 rings (SSSR count). The van der Waals surface area contributed by atoms with E-state index in [9.17, 15) is 23.1 Å². The zero-order chi connectivity index (χ0) is 22.8. The van der Waals surface area contributed by atoms with E-state index in [0.717, 1.165) is 24.8 Å². The lowest BCUT2D eigenvalue weighted by molar-refractivity contribution is -0.274. The summed E-state index contributed by atoms with van der Waals surface area (Å²) in [6.45, 7) is 0.186. The number of carbonyl (C=O) groups excluding carboxylic acids is 1. The highest BCUT2D eigenvalue weighted by atomic mass is 19.4. The van der Waals surface area contributed by atoms with Gasteiger partial charge in [0, 0.05) is 18.5 Å². The number of halogens is 3. The number of hydrogen-bond donors (Lipinski definition) is 1. The first-order valence-corrected chi connectivity index (χ1v) is 10.8. The van der Waals surface area contributed by atoms with Crippen LogP contribution >= 0.6 is 0 Å². The fourth-order valence-corrected chi connectivity index (χ4v) is 5.00. The molecule has 5 nitrogen and oxygen atoms in total. The Balaban J connectivity index is 1.42. The van der Waals surface area contributed by atoms with Crippen molar-refractivity contribution in [2.75, 3.05) is 0 Å². The van der Waals surface area contributed by atoms with Gasteiger partial charge in [-0.25, -0.2) is 4.79 Å². The molecule has 0 aromatic heterocycles. The lowest BCUT2D eigenvalue weighted by atomic mass is 9.73. The first-order chi connectivity index (χ1) is 15.2. The Morgan fingerprint density at radius 2 is 1.69 bits per heavy atom.